The van der Waals surface area contributed by atoms with Gasteiger partial charge in [0.2, 0.25) is 5.91 Å². The van der Waals surface area contributed by atoms with E-state index in [1.165, 1.54) is 0 Å². The Kier molecular flexibility index (Phi) is 5.42. The molecule has 0 aliphatic heterocycles. The highest BCUT2D eigenvalue weighted by atomic mass is 32.1. The van der Waals surface area contributed by atoms with Gasteiger partial charge < -0.3 is 10.6 Å². The van der Waals surface area contributed by atoms with Crippen LogP contribution in [0.1, 0.15) is 29.1 Å². The van der Waals surface area contributed by atoms with Crippen LogP contribution in [0.4, 0.5) is 0 Å². The maximum absolute atomic E-state index is 11.7. The Morgan fingerprint density at radius 3 is 2.88 bits per heavy atom. The maximum Gasteiger partial charge on any atom is 0.222 e. The highest BCUT2D eigenvalue weighted by Gasteiger charge is 2.09. The third kappa shape index (κ3) is 4.28. The second kappa shape index (κ2) is 6.60. The summed E-state index contributed by atoms with van der Waals surface area (Å²) in [5.74, 6) is 0.180. The summed E-state index contributed by atoms with van der Waals surface area (Å²) in [6.45, 7) is 3.29. The molecule has 0 aliphatic carbocycles. The second-order valence-electron chi connectivity index (χ2n) is 3.84. The summed E-state index contributed by atoms with van der Waals surface area (Å²) < 4.78 is 0. The molecule has 0 aromatic carbocycles. The van der Waals surface area contributed by atoms with Crippen molar-refractivity contribution in [2.75, 3.05) is 13.6 Å². The number of hydrogen-bond donors (Lipinski definition) is 1. The molecule has 0 bridgehead atoms. The highest BCUT2D eigenvalue weighted by Crippen LogP contribution is 2.14. The summed E-state index contributed by atoms with van der Waals surface area (Å²) in [6, 6.07) is 0. The molecule has 90 valence electrons. The molecule has 1 rings (SSSR count). The Hall–Kier alpha value is -0.940. The van der Waals surface area contributed by atoms with Gasteiger partial charge >= 0.3 is 0 Å². The van der Waals surface area contributed by atoms with Crippen molar-refractivity contribution in [2.45, 2.75) is 32.7 Å². The van der Waals surface area contributed by atoms with Crippen molar-refractivity contribution in [2.24, 2.45) is 5.73 Å². The minimum atomic E-state index is 0.180. The summed E-state index contributed by atoms with van der Waals surface area (Å²) in [5, 5.41) is 1.04. The van der Waals surface area contributed by atoms with Gasteiger partial charge in [-0.2, -0.15) is 0 Å². The number of hydrogen-bond acceptors (Lipinski definition) is 4. The van der Waals surface area contributed by atoms with Crippen molar-refractivity contribution in [1.82, 2.24) is 9.88 Å². The SMILES string of the molecule is Cc1ncc(CN(C)C(=O)CCCCN)s1. The molecule has 0 aliphatic rings. The van der Waals surface area contributed by atoms with Crippen molar-refractivity contribution in [3.05, 3.63) is 16.1 Å². The Balaban J connectivity index is 2.34. The second-order valence-corrected chi connectivity index (χ2v) is 5.16. The molecule has 0 spiro atoms. The first-order chi connectivity index (χ1) is 7.63. The van der Waals surface area contributed by atoms with Crippen molar-refractivity contribution in [1.29, 1.82) is 0 Å². The van der Waals surface area contributed by atoms with Gasteiger partial charge in [-0.05, 0) is 26.3 Å². The fraction of sp³-hybridized carbons (Fsp3) is 0.636. The van der Waals surface area contributed by atoms with Crippen LogP contribution in [-0.4, -0.2) is 29.4 Å². The Labute approximate surface area is 100 Å². The van der Waals surface area contributed by atoms with E-state index in [9.17, 15) is 4.79 Å². The lowest BCUT2D eigenvalue weighted by Gasteiger charge is -2.15. The van der Waals surface area contributed by atoms with Gasteiger partial charge in [-0.15, -0.1) is 11.3 Å². The van der Waals surface area contributed by atoms with E-state index < -0.39 is 0 Å². The monoisotopic (exact) mass is 241 g/mol. The number of unbranched alkanes of at least 4 members (excludes halogenated alkanes) is 1. The van der Waals surface area contributed by atoms with Gasteiger partial charge in [-0.1, -0.05) is 0 Å². The summed E-state index contributed by atoms with van der Waals surface area (Å²) in [6.07, 6.45) is 4.22. The zero-order valence-electron chi connectivity index (χ0n) is 9.90. The Morgan fingerprint density at radius 2 is 2.31 bits per heavy atom. The van der Waals surface area contributed by atoms with Crippen LogP contribution in [0.25, 0.3) is 0 Å². The largest absolute Gasteiger partial charge is 0.341 e. The molecule has 0 unspecified atom stereocenters. The van der Waals surface area contributed by atoms with E-state index in [-0.39, 0.29) is 5.91 Å². The van der Waals surface area contributed by atoms with Gasteiger partial charge in [0.05, 0.1) is 11.6 Å². The van der Waals surface area contributed by atoms with Crippen LogP contribution in [0.5, 0.6) is 0 Å². The first kappa shape index (κ1) is 13.1. The number of carbonyl (C=O) groups is 1. The molecule has 0 fully saturated rings. The number of rotatable bonds is 6. The van der Waals surface area contributed by atoms with Gasteiger partial charge in [0.1, 0.15) is 0 Å². The van der Waals surface area contributed by atoms with Crippen LogP contribution in [0.15, 0.2) is 6.20 Å². The quantitative estimate of drug-likeness (QED) is 0.769. The molecule has 4 nitrogen and oxygen atoms in total. The van der Waals surface area contributed by atoms with E-state index in [1.807, 2.05) is 20.2 Å². The lowest BCUT2D eigenvalue weighted by Crippen LogP contribution is -2.25. The van der Waals surface area contributed by atoms with E-state index >= 15 is 0 Å². The topological polar surface area (TPSA) is 59.2 Å². The van der Waals surface area contributed by atoms with Gasteiger partial charge in [0.25, 0.3) is 0 Å². The highest BCUT2D eigenvalue weighted by molar-refractivity contribution is 7.11. The fourth-order valence-electron chi connectivity index (χ4n) is 1.41. The molecule has 1 heterocycles. The maximum atomic E-state index is 11.7. The van der Waals surface area contributed by atoms with Gasteiger partial charge in [0, 0.05) is 24.5 Å². The van der Waals surface area contributed by atoms with Crippen LogP contribution in [0.3, 0.4) is 0 Å². The first-order valence-corrected chi connectivity index (χ1v) is 6.30. The lowest BCUT2D eigenvalue weighted by atomic mass is 10.2. The van der Waals surface area contributed by atoms with Crippen molar-refractivity contribution in [3.8, 4) is 0 Å². The summed E-state index contributed by atoms with van der Waals surface area (Å²) in [5.41, 5.74) is 5.39. The average molecular weight is 241 g/mol. The number of aromatic nitrogens is 1. The van der Waals surface area contributed by atoms with Crippen LogP contribution >= 0.6 is 11.3 Å². The summed E-state index contributed by atoms with van der Waals surface area (Å²) in [7, 11) is 1.83. The molecule has 0 saturated heterocycles. The van der Waals surface area contributed by atoms with E-state index in [0.717, 1.165) is 22.7 Å². The van der Waals surface area contributed by atoms with Crippen molar-refractivity contribution in [3.63, 3.8) is 0 Å². The molecular formula is C11H19N3OS. The molecule has 5 heteroatoms. The molecule has 0 radical (unpaired) electrons. The van der Waals surface area contributed by atoms with Gasteiger partial charge in [0.15, 0.2) is 0 Å². The average Bonchev–Trinajstić information content (AvgIpc) is 2.64. The number of amides is 1. The Morgan fingerprint density at radius 1 is 1.56 bits per heavy atom. The van der Waals surface area contributed by atoms with E-state index in [4.69, 9.17) is 5.73 Å². The number of nitrogens with zero attached hydrogens (tertiary/aromatic N) is 2. The fourth-order valence-corrected chi connectivity index (χ4v) is 2.26. The van der Waals surface area contributed by atoms with Crippen LogP contribution in [-0.2, 0) is 11.3 Å². The van der Waals surface area contributed by atoms with Crippen LogP contribution < -0.4 is 5.73 Å². The van der Waals surface area contributed by atoms with E-state index in [1.54, 1.807) is 16.2 Å². The number of carbonyl (C=O) groups excluding carboxylic acids is 1. The summed E-state index contributed by atoms with van der Waals surface area (Å²) >= 11 is 1.64. The van der Waals surface area contributed by atoms with Gasteiger partial charge in [-0.3, -0.25) is 4.79 Å². The summed E-state index contributed by atoms with van der Waals surface area (Å²) in [4.78, 5) is 18.8. The minimum absolute atomic E-state index is 0.180. The normalized spacial score (nSPS) is 10.4. The molecule has 1 aromatic rings. The third-order valence-electron chi connectivity index (χ3n) is 2.33. The zero-order chi connectivity index (χ0) is 12.0. The first-order valence-electron chi connectivity index (χ1n) is 5.49. The van der Waals surface area contributed by atoms with Crippen molar-refractivity contribution >= 4 is 17.2 Å². The number of nitrogens with two attached hydrogens (primary N) is 1. The molecule has 0 atom stereocenters. The molecular weight excluding hydrogens is 222 g/mol. The molecule has 0 saturated carbocycles. The smallest absolute Gasteiger partial charge is 0.222 e. The predicted octanol–water partition coefficient (Wildman–Crippen LogP) is 1.54. The van der Waals surface area contributed by atoms with Gasteiger partial charge in [-0.25, -0.2) is 4.98 Å². The predicted molar refractivity (Wildman–Crippen MR) is 66.2 cm³/mol. The number of aryl methyl sites for hydroxylation is 1. The Bertz CT molecular complexity index is 338. The molecule has 16 heavy (non-hydrogen) atoms. The van der Waals surface area contributed by atoms with Crippen LogP contribution in [0, 0.1) is 6.92 Å². The third-order valence-corrected chi connectivity index (χ3v) is 3.23. The van der Waals surface area contributed by atoms with Crippen LogP contribution in [0.2, 0.25) is 0 Å². The zero-order valence-corrected chi connectivity index (χ0v) is 10.7. The molecule has 1 aromatic heterocycles. The number of thiazole rings is 1. The molecule has 1 amide bonds. The molecule has 2 N–H and O–H groups in total. The lowest BCUT2D eigenvalue weighted by molar-refractivity contribution is -0.130. The van der Waals surface area contributed by atoms with Crippen molar-refractivity contribution < 1.29 is 4.79 Å². The van der Waals surface area contributed by atoms with E-state index in [2.05, 4.69) is 4.98 Å². The minimum Gasteiger partial charge on any atom is -0.341 e. The van der Waals surface area contributed by atoms with E-state index in [0.29, 0.717) is 19.5 Å². The standard InChI is InChI=1S/C11H19N3OS/c1-9-13-7-10(16-9)8-14(2)11(15)5-3-4-6-12/h7H,3-6,8,12H2,1-2H3.